The van der Waals surface area contributed by atoms with Crippen LogP contribution in [0.4, 0.5) is 4.39 Å². The summed E-state index contributed by atoms with van der Waals surface area (Å²) in [7, 11) is 3.47. The lowest BCUT2D eigenvalue weighted by molar-refractivity contribution is 0.184. The van der Waals surface area contributed by atoms with Gasteiger partial charge in [0, 0.05) is 32.1 Å². The van der Waals surface area contributed by atoms with Crippen LogP contribution in [0.3, 0.4) is 0 Å². The van der Waals surface area contributed by atoms with Gasteiger partial charge in [-0.1, -0.05) is 24.3 Å². The Labute approximate surface area is 182 Å². The quantitative estimate of drug-likeness (QED) is 0.175. The zero-order valence-electron chi connectivity index (χ0n) is 15.7. The van der Waals surface area contributed by atoms with Crippen LogP contribution in [0.5, 0.6) is 0 Å². The molecule has 0 saturated carbocycles. The van der Waals surface area contributed by atoms with Crippen LogP contribution in [0, 0.1) is 5.82 Å². The molecule has 4 nitrogen and oxygen atoms in total. The third kappa shape index (κ3) is 8.94. The number of nitrogens with zero attached hydrogens (tertiary/aromatic N) is 1. The number of halogens is 2. The highest BCUT2D eigenvalue weighted by atomic mass is 127. The van der Waals surface area contributed by atoms with Crippen LogP contribution in [-0.2, 0) is 17.9 Å². The summed E-state index contributed by atoms with van der Waals surface area (Å²) in [6.45, 7) is 2.13. The van der Waals surface area contributed by atoms with E-state index in [0.29, 0.717) is 13.2 Å². The Hall–Kier alpha value is -1.32. The number of ether oxygens (including phenoxy) is 1. The molecule has 0 unspecified atom stereocenters. The predicted molar refractivity (Wildman–Crippen MR) is 123 cm³/mol. The van der Waals surface area contributed by atoms with Gasteiger partial charge in [-0.25, -0.2) is 4.39 Å². The van der Waals surface area contributed by atoms with Gasteiger partial charge in [0.1, 0.15) is 5.82 Å². The number of benzene rings is 2. The SMILES string of the molecule is CN=C(NCCCSc1ccc(F)cc1)NCc1ccccc1COC.I. The minimum absolute atomic E-state index is 0. The molecular formula is C20H27FIN3OS. The molecule has 148 valence electrons. The van der Waals surface area contributed by atoms with Gasteiger partial charge in [0.15, 0.2) is 5.96 Å². The highest BCUT2D eigenvalue weighted by Crippen LogP contribution is 2.18. The molecule has 0 radical (unpaired) electrons. The van der Waals surface area contributed by atoms with Crippen LogP contribution in [-0.4, -0.2) is 32.4 Å². The fourth-order valence-electron chi connectivity index (χ4n) is 2.43. The van der Waals surface area contributed by atoms with Crippen LogP contribution >= 0.6 is 35.7 Å². The fourth-order valence-corrected chi connectivity index (χ4v) is 3.28. The van der Waals surface area contributed by atoms with Gasteiger partial charge in [-0.15, -0.1) is 35.7 Å². The fraction of sp³-hybridized carbons (Fsp3) is 0.350. The normalized spacial score (nSPS) is 11.0. The summed E-state index contributed by atoms with van der Waals surface area (Å²) in [5.41, 5.74) is 2.37. The molecule has 7 heteroatoms. The van der Waals surface area contributed by atoms with Crippen molar-refractivity contribution in [3.05, 3.63) is 65.5 Å². The minimum atomic E-state index is -0.196. The summed E-state index contributed by atoms with van der Waals surface area (Å²) in [5, 5.41) is 6.66. The first-order valence-electron chi connectivity index (χ1n) is 8.61. The number of methoxy groups -OCH3 is 1. The van der Waals surface area contributed by atoms with Crippen LogP contribution in [0.15, 0.2) is 58.4 Å². The van der Waals surface area contributed by atoms with Crippen molar-refractivity contribution in [1.29, 1.82) is 0 Å². The first kappa shape index (κ1) is 23.7. The first-order valence-corrected chi connectivity index (χ1v) is 9.60. The summed E-state index contributed by atoms with van der Waals surface area (Å²) >= 11 is 1.73. The highest BCUT2D eigenvalue weighted by molar-refractivity contribution is 14.0. The molecule has 0 aliphatic carbocycles. The average molecular weight is 503 g/mol. The van der Waals surface area contributed by atoms with E-state index in [-0.39, 0.29) is 29.8 Å². The molecule has 0 aromatic heterocycles. The standard InChI is InChI=1S/C20H26FN3OS.HI/c1-22-20(24-14-16-6-3-4-7-17(16)15-25-2)23-12-5-13-26-19-10-8-18(21)9-11-19;/h3-4,6-11H,5,12-15H2,1-2H3,(H2,22,23,24);1H. The first-order chi connectivity index (χ1) is 12.7. The maximum atomic E-state index is 12.9. The Morgan fingerprint density at radius 3 is 2.44 bits per heavy atom. The lowest BCUT2D eigenvalue weighted by atomic mass is 10.1. The summed E-state index contributed by atoms with van der Waals surface area (Å²) in [4.78, 5) is 5.35. The van der Waals surface area contributed by atoms with Crippen molar-refractivity contribution in [3.8, 4) is 0 Å². The summed E-state index contributed by atoms with van der Waals surface area (Å²) in [5.74, 6) is 1.55. The third-order valence-corrected chi connectivity index (χ3v) is 4.88. The molecule has 0 heterocycles. The zero-order valence-corrected chi connectivity index (χ0v) is 18.9. The highest BCUT2D eigenvalue weighted by Gasteiger charge is 2.03. The molecule has 0 saturated heterocycles. The van der Waals surface area contributed by atoms with Crippen molar-refractivity contribution in [2.45, 2.75) is 24.5 Å². The summed E-state index contributed by atoms with van der Waals surface area (Å²) in [6.07, 6.45) is 0.989. The molecule has 0 spiro atoms. The van der Waals surface area contributed by atoms with E-state index in [2.05, 4.69) is 27.8 Å². The molecular weight excluding hydrogens is 476 g/mol. The lowest BCUT2D eigenvalue weighted by Gasteiger charge is -2.14. The van der Waals surface area contributed by atoms with Crippen LogP contribution in [0.2, 0.25) is 0 Å². The van der Waals surface area contributed by atoms with Crippen LogP contribution in [0.1, 0.15) is 17.5 Å². The van der Waals surface area contributed by atoms with Crippen LogP contribution < -0.4 is 10.6 Å². The lowest BCUT2D eigenvalue weighted by Crippen LogP contribution is -2.37. The van der Waals surface area contributed by atoms with Gasteiger partial charge in [-0.3, -0.25) is 4.99 Å². The van der Waals surface area contributed by atoms with E-state index in [1.807, 2.05) is 24.3 Å². The third-order valence-electron chi connectivity index (χ3n) is 3.78. The van der Waals surface area contributed by atoms with Crippen molar-refractivity contribution in [2.24, 2.45) is 4.99 Å². The van der Waals surface area contributed by atoms with Gasteiger partial charge in [0.25, 0.3) is 0 Å². The maximum absolute atomic E-state index is 12.9. The largest absolute Gasteiger partial charge is 0.380 e. The maximum Gasteiger partial charge on any atom is 0.191 e. The zero-order chi connectivity index (χ0) is 18.6. The van der Waals surface area contributed by atoms with Gasteiger partial charge >= 0.3 is 0 Å². The molecule has 0 amide bonds. The Morgan fingerprint density at radius 1 is 1.07 bits per heavy atom. The van der Waals surface area contributed by atoms with Crippen molar-refractivity contribution in [2.75, 3.05) is 26.5 Å². The van der Waals surface area contributed by atoms with E-state index in [1.54, 1.807) is 25.9 Å². The second kappa shape index (κ2) is 13.8. The van der Waals surface area contributed by atoms with Gasteiger partial charge in [-0.05, 0) is 47.6 Å². The van der Waals surface area contributed by atoms with E-state index >= 15 is 0 Å². The van der Waals surface area contributed by atoms with E-state index in [0.717, 1.165) is 29.6 Å². The molecule has 2 rings (SSSR count). The molecule has 2 aromatic carbocycles. The second-order valence-corrected chi connectivity index (χ2v) is 6.88. The Morgan fingerprint density at radius 2 is 1.78 bits per heavy atom. The number of rotatable bonds is 9. The smallest absolute Gasteiger partial charge is 0.191 e. The Balaban J connectivity index is 0.00000364. The molecule has 2 N–H and O–H groups in total. The topological polar surface area (TPSA) is 45.7 Å². The number of nitrogens with one attached hydrogen (secondary N) is 2. The van der Waals surface area contributed by atoms with Gasteiger partial charge in [0.05, 0.1) is 6.61 Å². The number of hydrogen-bond acceptors (Lipinski definition) is 3. The second-order valence-electron chi connectivity index (χ2n) is 5.71. The Bertz CT molecular complexity index is 698. The molecule has 27 heavy (non-hydrogen) atoms. The monoisotopic (exact) mass is 503 g/mol. The number of thioether (sulfide) groups is 1. The van der Waals surface area contributed by atoms with Crippen molar-refractivity contribution in [3.63, 3.8) is 0 Å². The van der Waals surface area contributed by atoms with E-state index in [4.69, 9.17) is 4.74 Å². The van der Waals surface area contributed by atoms with E-state index in [9.17, 15) is 4.39 Å². The minimum Gasteiger partial charge on any atom is -0.380 e. The molecule has 0 bridgehead atoms. The van der Waals surface area contributed by atoms with E-state index in [1.165, 1.54) is 23.3 Å². The van der Waals surface area contributed by atoms with Crippen molar-refractivity contribution >= 4 is 41.7 Å². The molecule has 2 aromatic rings. The number of hydrogen-bond donors (Lipinski definition) is 2. The Kier molecular flexibility index (Phi) is 12.1. The van der Waals surface area contributed by atoms with Gasteiger partial charge in [-0.2, -0.15) is 0 Å². The summed E-state index contributed by atoms with van der Waals surface area (Å²) in [6, 6.07) is 14.8. The molecule has 0 fully saturated rings. The van der Waals surface area contributed by atoms with Gasteiger partial charge < -0.3 is 15.4 Å². The van der Waals surface area contributed by atoms with Crippen LogP contribution in [0.25, 0.3) is 0 Å². The van der Waals surface area contributed by atoms with E-state index < -0.39 is 0 Å². The van der Waals surface area contributed by atoms with Gasteiger partial charge in [0.2, 0.25) is 0 Å². The average Bonchev–Trinajstić information content (AvgIpc) is 2.67. The number of guanidine groups is 1. The molecule has 0 aliphatic heterocycles. The number of aliphatic imine (C=N–C) groups is 1. The molecule has 0 aliphatic rings. The molecule has 0 atom stereocenters. The van der Waals surface area contributed by atoms with Crippen molar-refractivity contribution in [1.82, 2.24) is 10.6 Å². The summed E-state index contributed by atoms with van der Waals surface area (Å²) < 4.78 is 18.1. The van der Waals surface area contributed by atoms with Crippen molar-refractivity contribution < 1.29 is 9.13 Å². The predicted octanol–water partition coefficient (Wildman–Crippen LogP) is 4.44.